The number of sulfonamides is 2. The Morgan fingerprint density at radius 3 is 1.75 bits per heavy atom. The molecule has 2 aromatic carbocycles. The van der Waals surface area contributed by atoms with E-state index in [4.69, 9.17) is 9.47 Å². The minimum Gasteiger partial charge on any atom is -0.497 e. The molecule has 1 N–H and O–H groups in total. The van der Waals surface area contributed by atoms with Crippen LogP contribution in [0.15, 0.2) is 58.3 Å². The van der Waals surface area contributed by atoms with Crippen molar-refractivity contribution in [1.29, 1.82) is 0 Å². The number of ether oxygens (including phenoxy) is 2. The van der Waals surface area contributed by atoms with Gasteiger partial charge in [-0.3, -0.25) is 0 Å². The van der Waals surface area contributed by atoms with Crippen LogP contribution in [0.25, 0.3) is 0 Å². The molecule has 0 aliphatic carbocycles. The van der Waals surface area contributed by atoms with Crippen LogP contribution in [-0.4, -0.2) is 55.5 Å². The molecule has 0 aliphatic heterocycles. The fraction of sp³-hybridized carbons (Fsp3) is 0.333. The molecule has 0 atom stereocenters. The van der Waals surface area contributed by atoms with Crippen molar-refractivity contribution in [3.05, 3.63) is 48.5 Å². The molecule has 0 amide bonds. The first-order valence-corrected chi connectivity index (χ1v) is 11.4. The van der Waals surface area contributed by atoms with Gasteiger partial charge in [0.05, 0.1) is 24.0 Å². The van der Waals surface area contributed by atoms with Gasteiger partial charge in [-0.15, -0.1) is 0 Å². The second kappa shape index (κ2) is 9.37. The zero-order chi connectivity index (χ0) is 20.8. The summed E-state index contributed by atoms with van der Waals surface area (Å²) in [6.07, 6.45) is 0.321. The van der Waals surface area contributed by atoms with E-state index >= 15 is 0 Å². The molecular formula is C18H24N2O6S2. The Balaban J connectivity index is 1.90. The highest BCUT2D eigenvalue weighted by atomic mass is 32.2. The first kappa shape index (κ1) is 22.2. The van der Waals surface area contributed by atoms with Gasteiger partial charge in [-0.1, -0.05) is 0 Å². The van der Waals surface area contributed by atoms with E-state index in [0.29, 0.717) is 17.9 Å². The highest BCUT2D eigenvalue weighted by Gasteiger charge is 2.21. The van der Waals surface area contributed by atoms with Gasteiger partial charge in [0.1, 0.15) is 11.5 Å². The molecule has 0 aliphatic rings. The van der Waals surface area contributed by atoms with Crippen LogP contribution in [0.2, 0.25) is 0 Å². The summed E-state index contributed by atoms with van der Waals surface area (Å²) in [6, 6.07) is 12.1. The molecule has 0 bridgehead atoms. The van der Waals surface area contributed by atoms with Crippen molar-refractivity contribution in [2.75, 3.05) is 34.4 Å². The molecular weight excluding hydrogens is 404 g/mol. The van der Waals surface area contributed by atoms with Gasteiger partial charge in [-0.05, 0) is 55.0 Å². The molecule has 10 heteroatoms. The molecule has 8 nitrogen and oxygen atoms in total. The van der Waals surface area contributed by atoms with E-state index in [1.807, 2.05) is 0 Å². The van der Waals surface area contributed by atoms with Crippen molar-refractivity contribution < 1.29 is 26.3 Å². The Kier molecular flexibility index (Phi) is 7.41. The van der Waals surface area contributed by atoms with E-state index in [0.717, 1.165) is 0 Å². The van der Waals surface area contributed by atoms with Gasteiger partial charge in [0.15, 0.2) is 0 Å². The van der Waals surface area contributed by atoms with Crippen LogP contribution in [0, 0.1) is 0 Å². The lowest BCUT2D eigenvalue weighted by atomic mass is 10.3. The predicted octanol–water partition coefficient (Wildman–Crippen LogP) is 1.69. The molecule has 28 heavy (non-hydrogen) atoms. The van der Waals surface area contributed by atoms with Crippen molar-refractivity contribution in [2.24, 2.45) is 0 Å². The van der Waals surface area contributed by atoms with Gasteiger partial charge in [0.2, 0.25) is 20.0 Å². The van der Waals surface area contributed by atoms with E-state index in [-0.39, 0.29) is 22.9 Å². The lowest BCUT2D eigenvalue weighted by Crippen LogP contribution is -2.31. The van der Waals surface area contributed by atoms with Crippen LogP contribution in [0.5, 0.6) is 11.5 Å². The van der Waals surface area contributed by atoms with Crippen molar-refractivity contribution in [1.82, 2.24) is 9.03 Å². The standard InChI is InChI=1S/C18H24N2O6S2/c1-20(28(23,24)18-11-7-16(26-3)8-12-18)14-4-13-19-27(21,22)17-9-5-15(25-2)6-10-17/h5-12,19H,4,13-14H2,1-3H3. The molecule has 0 aromatic heterocycles. The largest absolute Gasteiger partial charge is 0.497 e. The first-order chi connectivity index (χ1) is 13.2. The fourth-order valence-corrected chi connectivity index (χ4v) is 4.68. The van der Waals surface area contributed by atoms with Crippen LogP contribution in [0.4, 0.5) is 0 Å². The van der Waals surface area contributed by atoms with Crippen molar-refractivity contribution in [3.63, 3.8) is 0 Å². The predicted molar refractivity (Wildman–Crippen MR) is 106 cm³/mol. The van der Waals surface area contributed by atoms with Crippen LogP contribution in [0.3, 0.4) is 0 Å². The van der Waals surface area contributed by atoms with E-state index in [2.05, 4.69) is 4.72 Å². The summed E-state index contributed by atoms with van der Waals surface area (Å²) >= 11 is 0. The number of nitrogens with one attached hydrogen (secondary N) is 1. The van der Waals surface area contributed by atoms with E-state index in [1.165, 1.54) is 49.8 Å². The molecule has 154 valence electrons. The molecule has 0 fully saturated rings. The van der Waals surface area contributed by atoms with Gasteiger partial charge in [0.25, 0.3) is 0 Å². The van der Waals surface area contributed by atoms with Gasteiger partial charge < -0.3 is 9.47 Å². The number of nitrogens with zero attached hydrogens (tertiary/aromatic N) is 1. The summed E-state index contributed by atoms with van der Waals surface area (Å²) < 4.78 is 63.3. The zero-order valence-electron chi connectivity index (χ0n) is 16.0. The molecule has 0 saturated carbocycles. The summed E-state index contributed by atoms with van der Waals surface area (Å²) in [7, 11) is -2.86. The maximum absolute atomic E-state index is 12.5. The first-order valence-electron chi connectivity index (χ1n) is 8.45. The smallest absolute Gasteiger partial charge is 0.242 e. The highest BCUT2D eigenvalue weighted by Crippen LogP contribution is 2.19. The van der Waals surface area contributed by atoms with Crippen molar-refractivity contribution in [2.45, 2.75) is 16.2 Å². The Labute approximate surface area is 166 Å². The molecule has 2 rings (SSSR count). The number of rotatable bonds is 10. The molecule has 0 unspecified atom stereocenters. The Morgan fingerprint density at radius 2 is 1.29 bits per heavy atom. The maximum Gasteiger partial charge on any atom is 0.242 e. The minimum atomic E-state index is -3.67. The van der Waals surface area contributed by atoms with Crippen LogP contribution in [-0.2, 0) is 20.0 Å². The molecule has 0 spiro atoms. The number of hydrogen-bond acceptors (Lipinski definition) is 6. The molecule has 0 radical (unpaired) electrons. The second-order valence-corrected chi connectivity index (χ2v) is 9.74. The number of benzene rings is 2. The monoisotopic (exact) mass is 428 g/mol. The maximum atomic E-state index is 12.5. The third-order valence-electron chi connectivity index (χ3n) is 4.08. The summed E-state index contributed by atoms with van der Waals surface area (Å²) in [4.78, 5) is 0.266. The summed E-state index contributed by atoms with van der Waals surface area (Å²) in [5, 5.41) is 0. The third kappa shape index (κ3) is 5.44. The topological polar surface area (TPSA) is 102 Å². The van der Waals surface area contributed by atoms with Gasteiger partial charge in [-0.25, -0.2) is 25.9 Å². The van der Waals surface area contributed by atoms with E-state index in [1.54, 1.807) is 24.3 Å². The van der Waals surface area contributed by atoms with Crippen LogP contribution in [0.1, 0.15) is 6.42 Å². The second-order valence-electron chi connectivity index (χ2n) is 5.93. The quantitative estimate of drug-likeness (QED) is 0.578. The van der Waals surface area contributed by atoms with Crippen LogP contribution < -0.4 is 14.2 Å². The average Bonchev–Trinajstić information content (AvgIpc) is 2.71. The van der Waals surface area contributed by atoms with Gasteiger partial charge in [0, 0.05) is 20.1 Å². The number of hydrogen-bond donors (Lipinski definition) is 1. The van der Waals surface area contributed by atoms with E-state index < -0.39 is 20.0 Å². The van der Waals surface area contributed by atoms with E-state index in [9.17, 15) is 16.8 Å². The molecule has 0 heterocycles. The lowest BCUT2D eigenvalue weighted by molar-refractivity contribution is 0.414. The average molecular weight is 429 g/mol. The van der Waals surface area contributed by atoms with Crippen LogP contribution >= 0.6 is 0 Å². The third-order valence-corrected chi connectivity index (χ3v) is 7.43. The number of methoxy groups -OCH3 is 2. The Hall–Kier alpha value is -2.14. The summed E-state index contributed by atoms with van der Waals surface area (Å²) in [6.45, 7) is 0.274. The van der Waals surface area contributed by atoms with Gasteiger partial charge in [-0.2, -0.15) is 0 Å². The SMILES string of the molecule is COc1ccc(S(=O)(=O)NCCCN(C)S(=O)(=O)c2ccc(OC)cc2)cc1. The minimum absolute atomic E-state index is 0.108. The highest BCUT2D eigenvalue weighted by molar-refractivity contribution is 7.89. The molecule has 0 saturated heterocycles. The normalized spacial score (nSPS) is 12.1. The molecule has 2 aromatic rings. The summed E-state index contributed by atoms with van der Waals surface area (Å²) in [5.41, 5.74) is 0. The Bertz CT molecular complexity index is 972. The fourth-order valence-electron chi connectivity index (χ4n) is 2.39. The summed E-state index contributed by atoms with van der Waals surface area (Å²) in [5.74, 6) is 1.12. The van der Waals surface area contributed by atoms with Crippen molar-refractivity contribution in [3.8, 4) is 11.5 Å². The van der Waals surface area contributed by atoms with Gasteiger partial charge >= 0.3 is 0 Å². The zero-order valence-corrected chi connectivity index (χ0v) is 17.6. The Morgan fingerprint density at radius 1 is 0.821 bits per heavy atom. The lowest BCUT2D eigenvalue weighted by Gasteiger charge is -2.17. The van der Waals surface area contributed by atoms with Crippen molar-refractivity contribution >= 4 is 20.0 Å².